The summed E-state index contributed by atoms with van der Waals surface area (Å²) in [7, 11) is 1.69. The summed E-state index contributed by atoms with van der Waals surface area (Å²) in [5, 5.41) is 0.767. The SMILES string of the molecule is COCCOc1cc(CC2CCN(CCc3cc4c(cc3Cl)OCCO4)CC2)ccc1Br. The molecule has 0 saturated carbocycles. The van der Waals surface area contributed by atoms with Crippen LogP contribution in [0.5, 0.6) is 17.2 Å². The lowest BCUT2D eigenvalue weighted by Gasteiger charge is -2.32. The highest BCUT2D eigenvalue weighted by molar-refractivity contribution is 9.10. The van der Waals surface area contributed by atoms with Gasteiger partial charge in [0.25, 0.3) is 0 Å². The van der Waals surface area contributed by atoms with Gasteiger partial charge in [0.2, 0.25) is 0 Å². The number of methoxy groups -OCH3 is 1. The van der Waals surface area contributed by atoms with Gasteiger partial charge in [-0.1, -0.05) is 17.7 Å². The van der Waals surface area contributed by atoms with E-state index < -0.39 is 0 Å². The van der Waals surface area contributed by atoms with E-state index in [0.29, 0.717) is 32.3 Å². The molecule has 0 aliphatic carbocycles. The minimum absolute atomic E-state index is 0.560. The van der Waals surface area contributed by atoms with Crippen molar-refractivity contribution in [1.29, 1.82) is 0 Å². The van der Waals surface area contributed by atoms with E-state index >= 15 is 0 Å². The lowest BCUT2D eigenvalue weighted by molar-refractivity contribution is 0.146. The molecule has 2 heterocycles. The van der Waals surface area contributed by atoms with Crippen molar-refractivity contribution in [3.8, 4) is 17.2 Å². The zero-order valence-electron chi connectivity index (χ0n) is 18.6. The standard InChI is InChI=1S/C25H31BrClNO4/c1-29-10-11-30-23-15-19(2-3-21(23)26)14-18-4-7-28(8-5-18)9-6-20-16-24-25(17-22(20)27)32-13-12-31-24/h2-3,15-18H,4-14H2,1H3. The third-order valence-corrected chi connectivity index (χ3v) is 7.19. The molecule has 2 aliphatic heterocycles. The summed E-state index contributed by atoms with van der Waals surface area (Å²) in [6.45, 7) is 5.60. The van der Waals surface area contributed by atoms with Gasteiger partial charge in [-0.15, -0.1) is 0 Å². The van der Waals surface area contributed by atoms with Crippen LogP contribution in [0.1, 0.15) is 24.0 Å². The average Bonchev–Trinajstić information content (AvgIpc) is 2.81. The molecule has 0 bridgehead atoms. The first kappa shape index (κ1) is 23.7. The fraction of sp³-hybridized carbons (Fsp3) is 0.520. The predicted octanol–water partition coefficient (Wildman–Crippen LogP) is 5.40. The first-order valence-corrected chi connectivity index (χ1v) is 12.5. The number of hydrogen-bond donors (Lipinski definition) is 0. The molecule has 0 radical (unpaired) electrons. The van der Waals surface area contributed by atoms with Gasteiger partial charge in [0.05, 0.1) is 11.1 Å². The summed E-state index contributed by atoms with van der Waals surface area (Å²) in [4.78, 5) is 2.55. The third kappa shape index (κ3) is 6.31. The molecule has 0 unspecified atom stereocenters. The molecular formula is C25H31BrClNO4. The molecular weight excluding hydrogens is 494 g/mol. The van der Waals surface area contributed by atoms with E-state index in [1.54, 1.807) is 7.11 Å². The minimum atomic E-state index is 0.560. The zero-order valence-corrected chi connectivity index (χ0v) is 20.9. The number of likely N-dealkylation sites (tertiary alicyclic amines) is 1. The van der Waals surface area contributed by atoms with Gasteiger partial charge in [0.1, 0.15) is 25.6 Å². The molecule has 1 saturated heterocycles. The van der Waals surface area contributed by atoms with Crippen molar-refractivity contribution in [3.63, 3.8) is 0 Å². The predicted molar refractivity (Wildman–Crippen MR) is 131 cm³/mol. The Labute approximate surface area is 204 Å². The smallest absolute Gasteiger partial charge is 0.162 e. The largest absolute Gasteiger partial charge is 0.490 e. The van der Waals surface area contributed by atoms with Crippen LogP contribution in [-0.2, 0) is 17.6 Å². The third-order valence-electron chi connectivity index (χ3n) is 6.18. The van der Waals surface area contributed by atoms with Crippen LogP contribution in [0.25, 0.3) is 0 Å². The van der Waals surface area contributed by atoms with Crippen molar-refractivity contribution in [3.05, 3.63) is 51.0 Å². The second-order valence-corrected chi connectivity index (χ2v) is 9.69. The molecule has 2 aromatic carbocycles. The van der Waals surface area contributed by atoms with Crippen LogP contribution in [0.15, 0.2) is 34.8 Å². The molecule has 0 amide bonds. The number of rotatable bonds is 9. The molecule has 0 spiro atoms. The maximum absolute atomic E-state index is 6.48. The number of nitrogens with zero attached hydrogens (tertiary/aromatic N) is 1. The van der Waals surface area contributed by atoms with Crippen LogP contribution in [-0.4, -0.2) is 58.1 Å². The van der Waals surface area contributed by atoms with E-state index in [1.165, 1.54) is 18.4 Å². The summed E-state index contributed by atoms with van der Waals surface area (Å²) in [5.74, 6) is 3.17. The van der Waals surface area contributed by atoms with Crippen molar-refractivity contribution in [1.82, 2.24) is 4.90 Å². The van der Waals surface area contributed by atoms with Crippen LogP contribution in [0.2, 0.25) is 5.02 Å². The molecule has 5 nitrogen and oxygen atoms in total. The van der Waals surface area contributed by atoms with Crippen LogP contribution < -0.4 is 14.2 Å². The second kappa shape index (κ2) is 11.6. The molecule has 2 aromatic rings. The summed E-state index contributed by atoms with van der Waals surface area (Å²) in [6, 6.07) is 10.4. The van der Waals surface area contributed by atoms with Gasteiger partial charge in [-0.25, -0.2) is 0 Å². The van der Waals surface area contributed by atoms with Crippen molar-refractivity contribution in [2.45, 2.75) is 25.7 Å². The van der Waals surface area contributed by atoms with Gasteiger partial charge in [-0.05, 0) is 89.9 Å². The van der Waals surface area contributed by atoms with Crippen LogP contribution >= 0.6 is 27.5 Å². The zero-order chi connectivity index (χ0) is 22.3. The molecule has 0 atom stereocenters. The van der Waals surface area contributed by atoms with E-state index in [-0.39, 0.29) is 0 Å². The Kier molecular flexibility index (Phi) is 8.58. The quantitative estimate of drug-likeness (QED) is 0.411. The number of fused-ring (bicyclic) bond motifs is 1. The molecule has 0 N–H and O–H groups in total. The Bertz CT molecular complexity index is 902. The van der Waals surface area contributed by atoms with Crippen LogP contribution in [0.4, 0.5) is 0 Å². The fourth-order valence-corrected chi connectivity index (χ4v) is 4.95. The maximum Gasteiger partial charge on any atom is 0.162 e. The summed E-state index contributed by atoms with van der Waals surface area (Å²) in [6.07, 6.45) is 4.44. The van der Waals surface area contributed by atoms with E-state index in [2.05, 4.69) is 39.0 Å². The molecule has 4 rings (SSSR count). The number of ether oxygens (including phenoxy) is 4. The molecule has 1 fully saturated rings. The normalized spacial score (nSPS) is 16.8. The van der Waals surface area contributed by atoms with Gasteiger partial charge in [0, 0.05) is 24.7 Å². The van der Waals surface area contributed by atoms with Crippen molar-refractivity contribution in [2.24, 2.45) is 5.92 Å². The van der Waals surface area contributed by atoms with Gasteiger partial charge < -0.3 is 23.8 Å². The molecule has 2 aliphatic rings. The van der Waals surface area contributed by atoms with Crippen molar-refractivity contribution < 1.29 is 18.9 Å². The van der Waals surface area contributed by atoms with Crippen LogP contribution in [0.3, 0.4) is 0 Å². The van der Waals surface area contributed by atoms with Crippen molar-refractivity contribution in [2.75, 3.05) is 53.2 Å². The van der Waals surface area contributed by atoms with Gasteiger partial charge in [-0.2, -0.15) is 0 Å². The second-order valence-electron chi connectivity index (χ2n) is 8.43. The van der Waals surface area contributed by atoms with Gasteiger partial charge in [-0.3, -0.25) is 0 Å². The number of piperidine rings is 1. The Morgan fingerprint density at radius 3 is 2.56 bits per heavy atom. The minimum Gasteiger partial charge on any atom is -0.490 e. The summed E-state index contributed by atoms with van der Waals surface area (Å²) >= 11 is 10.1. The summed E-state index contributed by atoms with van der Waals surface area (Å²) < 4.78 is 23.2. The van der Waals surface area contributed by atoms with E-state index in [1.807, 2.05) is 12.1 Å². The highest BCUT2D eigenvalue weighted by Crippen LogP contribution is 2.36. The highest BCUT2D eigenvalue weighted by Gasteiger charge is 2.21. The van der Waals surface area contributed by atoms with Gasteiger partial charge in [0.15, 0.2) is 11.5 Å². The molecule has 7 heteroatoms. The molecule has 0 aromatic heterocycles. The lowest BCUT2D eigenvalue weighted by Crippen LogP contribution is -2.35. The van der Waals surface area contributed by atoms with Crippen LogP contribution in [0, 0.1) is 5.92 Å². The van der Waals surface area contributed by atoms with E-state index in [9.17, 15) is 0 Å². The van der Waals surface area contributed by atoms with E-state index in [4.69, 9.17) is 30.5 Å². The average molecular weight is 525 g/mol. The van der Waals surface area contributed by atoms with Crippen molar-refractivity contribution >= 4 is 27.5 Å². The maximum atomic E-state index is 6.48. The fourth-order valence-electron chi connectivity index (χ4n) is 4.34. The number of hydrogen-bond acceptors (Lipinski definition) is 5. The Hall–Kier alpha value is -1.47. The topological polar surface area (TPSA) is 40.2 Å². The Morgan fingerprint density at radius 2 is 1.81 bits per heavy atom. The monoisotopic (exact) mass is 523 g/mol. The first-order valence-electron chi connectivity index (χ1n) is 11.3. The molecule has 32 heavy (non-hydrogen) atoms. The molecule has 174 valence electrons. The number of halogens is 2. The first-order chi connectivity index (χ1) is 15.6. The highest BCUT2D eigenvalue weighted by atomic mass is 79.9. The van der Waals surface area contributed by atoms with E-state index in [0.717, 1.165) is 64.8 Å². The summed E-state index contributed by atoms with van der Waals surface area (Å²) in [5.41, 5.74) is 2.47. The lowest BCUT2D eigenvalue weighted by atomic mass is 9.90. The number of benzene rings is 2. The van der Waals surface area contributed by atoms with Gasteiger partial charge >= 0.3 is 0 Å². The Balaban J connectivity index is 1.25. The Morgan fingerprint density at radius 1 is 1.06 bits per heavy atom.